The van der Waals surface area contributed by atoms with Crippen LogP contribution in [0.25, 0.3) is 0 Å². The predicted octanol–water partition coefficient (Wildman–Crippen LogP) is 1.94. The molecule has 1 amide bonds. The molecule has 4 nitrogen and oxygen atoms in total. The first-order valence-corrected chi connectivity index (χ1v) is 5.22. The molecular formula is C10H21NO3. The first-order valence-electron chi connectivity index (χ1n) is 5.22. The Morgan fingerprint density at radius 3 is 2.64 bits per heavy atom. The number of amides is 1. The van der Waals surface area contributed by atoms with E-state index in [-0.39, 0.29) is 12.2 Å². The van der Waals surface area contributed by atoms with Crippen LogP contribution in [0.2, 0.25) is 0 Å². The average Bonchev–Trinajstić information content (AvgIpc) is 2.13. The van der Waals surface area contributed by atoms with Gasteiger partial charge in [-0.3, -0.25) is 0 Å². The zero-order valence-electron chi connectivity index (χ0n) is 9.34. The smallest absolute Gasteiger partial charge is 0.407 e. The van der Waals surface area contributed by atoms with Crippen molar-refractivity contribution in [3.8, 4) is 0 Å². The molecule has 0 fully saturated rings. The highest BCUT2D eigenvalue weighted by atomic mass is 16.5. The molecule has 0 bridgehead atoms. The molecule has 1 atom stereocenters. The zero-order chi connectivity index (χ0) is 10.8. The van der Waals surface area contributed by atoms with Crippen LogP contribution in [0.5, 0.6) is 0 Å². The van der Waals surface area contributed by atoms with Gasteiger partial charge in [0.05, 0.1) is 12.7 Å². The number of hydrogen-bond acceptors (Lipinski definition) is 3. The van der Waals surface area contributed by atoms with Gasteiger partial charge in [0.2, 0.25) is 0 Å². The topological polar surface area (TPSA) is 47.6 Å². The Morgan fingerprint density at radius 2 is 2.07 bits per heavy atom. The predicted molar refractivity (Wildman–Crippen MR) is 55.3 cm³/mol. The van der Waals surface area contributed by atoms with E-state index in [1.54, 1.807) is 6.92 Å². The standard InChI is InChI=1S/C10H21NO3/c1-4-13-9(3)7-6-8-11-10(12)14-5-2/h9H,4-8H2,1-3H3,(H,11,12)/t9-/m1/s1. The van der Waals surface area contributed by atoms with Gasteiger partial charge in [-0.15, -0.1) is 0 Å². The molecule has 14 heavy (non-hydrogen) atoms. The molecule has 0 saturated carbocycles. The van der Waals surface area contributed by atoms with Crippen LogP contribution in [-0.4, -0.2) is 32.0 Å². The molecular weight excluding hydrogens is 182 g/mol. The van der Waals surface area contributed by atoms with Gasteiger partial charge < -0.3 is 14.8 Å². The summed E-state index contributed by atoms with van der Waals surface area (Å²) in [5, 5.41) is 2.66. The van der Waals surface area contributed by atoms with Crippen molar-refractivity contribution >= 4 is 6.09 Å². The van der Waals surface area contributed by atoms with Crippen molar-refractivity contribution in [1.29, 1.82) is 0 Å². The fourth-order valence-corrected chi connectivity index (χ4v) is 1.13. The molecule has 0 aromatic rings. The lowest BCUT2D eigenvalue weighted by atomic mass is 10.2. The van der Waals surface area contributed by atoms with Crippen molar-refractivity contribution in [2.75, 3.05) is 19.8 Å². The summed E-state index contributed by atoms with van der Waals surface area (Å²) in [6, 6.07) is 0. The average molecular weight is 203 g/mol. The number of hydrogen-bond donors (Lipinski definition) is 1. The van der Waals surface area contributed by atoms with Crippen molar-refractivity contribution in [2.24, 2.45) is 0 Å². The molecule has 0 aliphatic rings. The molecule has 84 valence electrons. The van der Waals surface area contributed by atoms with Gasteiger partial charge in [-0.2, -0.15) is 0 Å². The van der Waals surface area contributed by atoms with Crippen LogP contribution in [0.4, 0.5) is 4.79 Å². The molecule has 0 aliphatic carbocycles. The second kappa shape index (κ2) is 8.81. The lowest BCUT2D eigenvalue weighted by Crippen LogP contribution is -2.26. The fraction of sp³-hybridized carbons (Fsp3) is 0.900. The summed E-state index contributed by atoms with van der Waals surface area (Å²) in [5.74, 6) is 0. The SMILES string of the molecule is CCOC(=O)NCCC[C@@H](C)OCC. The quantitative estimate of drug-likeness (QED) is 0.643. The third-order valence-corrected chi connectivity index (χ3v) is 1.78. The third-order valence-electron chi connectivity index (χ3n) is 1.78. The van der Waals surface area contributed by atoms with E-state index in [9.17, 15) is 4.79 Å². The van der Waals surface area contributed by atoms with Gasteiger partial charge in [0.1, 0.15) is 0 Å². The van der Waals surface area contributed by atoms with E-state index in [1.165, 1.54) is 0 Å². The largest absolute Gasteiger partial charge is 0.450 e. The summed E-state index contributed by atoms with van der Waals surface area (Å²) in [6.07, 6.45) is 1.81. The molecule has 0 saturated heterocycles. The minimum absolute atomic E-state index is 0.268. The van der Waals surface area contributed by atoms with Crippen LogP contribution in [0.3, 0.4) is 0 Å². The number of rotatable bonds is 7. The van der Waals surface area contributed by atoms with E-state index < -0.39 is 0 Å². The van der Waals surface area contributed by atoms with Gasteiger partial charge in [0, 0.05) is 13.2 Å². The number of carbonyl (C=O) groups excluding carboxylic acids is 1. The third kappa shape index (κ3) is 7.86. The second-order valence-corrected chi connectivity index (χ2v) is 3.06. The number of nitrogens with one attached hydrogen (secondary N) is 1. The molecule has 0 unspecified atom stereocenters. The summed E-state index contributed by atoms with van der Waals surface area (Å²) in [4.78, 5) is 10.8. The van der Waals surface area contributed by atoms with Gasteiger partial charge in [-0.1, -0.05) is 0 Å². The van der Waals surface area contributed by atoms with E-state index in [0.717, 1.165) is 19.4 Å². The van der Waals surface area contributed by atoms with Crippen LogP contribution in [0.15, 0.2) is 0 Å². The Bertz CT molecular complexity index is 150. The molecule has 0 radical (unpaired) electrons. The van der Waals surface area contributed by atoms with Crippen molar-refractivity contribution in [2.45, 2.75) is 39.7 Å². The molecule has 0 aromatic heterocycles. The number of alkyl carbamates (subject to hydrolysis) is 1. The van der Waals surface area contributed by atoms with Crippen molar-refractivity contribution in [3.05, 3.63) is 0 Å². The normalized spacial score (nSPS) is 12.2. The first kappa shape index (κ1) is 13.2. The molecule has 0 aromatic carbocycles. The van der Waals surface area contributed by atoms with Crippen LogP contribution in [0, 0.1) is 0 Å². The Labute approximate surface area is 86.0 Å². The summed E-state index contributed by atoms with van der Waals surface area (Å²) in [6.45, 7) is 7.61. The van der Waals surface area contributed by atoms with Gasteiger partial charge in [-0.25, -0.2) is 4.79 Å². The molecule has 1 N–H and O–H groups in total. The summed E-state index contributed by atoms with van der Waals surface area (Å²) in [7, 11) is 0. The Balaban J connectivity index is 3.24. The second-order valence-electron chi connectivity index (χ2n) is 3.06. The maximum atomic E-state index is 10.8. The van der Waals surface area contributed by atoms with Crippen LogP contribution >= 0.6 is 0 Å². The monoisotopic (exact) mass is 203 g/mol. The summed E-state index contributed by atoms with van der Waals surface area (Å²) >= 11 is 0. The van der Waals surface area contributed by atoms with Gasteiger partial charge in [0.15, 0.2) is 0 Å². The zero-order valence-corrected chi connectivity index (χ0v) is 9.34. The lowest BCUT2D eigenvalue weighted by Gasteiger charge is -2.11. The highest BCUT2D eigenvalue weighted by molar-refractivity contribution is 5.66. The first-order chi connectivity index (χ1) is 6.70. The Kier molecular flexibility index (Phi) is 8.33. The fourth-order valence-electron chi connectivity index (χ4n) is 1.13. The van der Waals surface area contributed by atoms with Gasteiger partial charge in [0.25, 0.3) is 0 Å². The van der Waals surface area contributed by atoms with E-state index >= 15 is 0 Å². The molecule has 0 aliphatic heterocycles. The summed E-state index contributed by atoms with van der Waals surface area (Å²) < 4.78 is 10.1. The highest BCUT2D eigenvalue weighted by Gasteiger charge is 2.02. The highest BCUT2D eigenvalue weighted by Crippen LogP contribution is 1.99. The Morgan fingerprint density at radius 1 is 1.36 bits per heavy atom. The molecule has 4 heteroatoms. The van der Waals surface area contributed by atoms with Crippen LogP contribution in [-0.2, 0) is 9.47 Å². The van der Waals surface area contributed by atoms with E-state index in [0.29, 0.717) is 13.2 Å². The van der Waals surface area contributed by atoms with E-state index in [2.05, 4.69) is 5.32 Å². The maximum Gasteiger partial charge on any atom is 0.407 e. The minimum atomic E-state index is -0.337. The lowest BCUT2D eigenvalue weighted by molar-refractivity contribution is 0.0687. The van der Waals surface area contributed by atoms with Crippen LogP contribution < -0.4 is 5.32 Å². The minimum Gasteiger partial charge on any atom is -0.450 e. The Hall–Kier alpha value is -0.770. The van der Waals surface area contributed by atoms with E-state index in [4.69, 9.17) is 9.47 Å². The van der Waals surface area contributed by atoms with Crippen molar-refractivity contribution in [3.63, 3.8) is 0 Å². The van der Waals surface area contributed by atoms with Gasteiger partial charge in [-0.05, 0) is 33.6 Å². The summed E-state index contributed by atoms with van der Waals surface area (Å²) in [5.41, 5.74) is 0. The number of carbonyl (C=O) groups is 1. The van der Waals surface area contributed by atoms with Gasteiger partial charge >= 0.3 is 6.09 Å². The van der Waals surface area contributed by atoms with Crippen molar-refractivity contribution in [1.82, 2.24) is 5.32 Å². The molecule has 0 heterocycles. The number of ether oxygens (including phenoxy) is 2. The molecule has 0 rings (SSSR count). The van der Waals surface area contributed by atoms with Crippen molar-refractivity contribution < 1.29 is 14.3 Å². The van der Waals surface area contributed by atoms with E-state index in [1.807, 2.05) is 13.8 Å². The van der Waals surface area contributed by atoms with Crippen LogP contribution in [0.1, 0.15) is 33.6 Å². The molecule has 0 spiro atoms. The maximum absolute atomic E-state index is 10.8.